The minimum atomic E-state index is -3.42. The van der Waals surface area contributed by atoms with Gasteiger partial charge in [0.15, 0.2) is 0 Å². The first kappa shape index (κ1) is 17.6. The summed E-state index contributed by atoms with van der Waals surface area (Å²) in [6.07, 6.45) is 1.65. The largest absolute Gasteiger partial charge is 2.00 e. The fourth-order valence-corrected chi connectivity index (χ4v) is 0. The van der Waals surface area contributed by atoms with Crippen LogP contribution in [0.2, 0.25) is 0 Å². The molecule has 0 aromatic rings. The van der Waals surface area contributed by atoms with Crippen molar-refractivity contribution in [2.75, 3.05) is 12.5 Å². The standard InChI is InChI=1S/2CH4NO2S.Mg/c2*1-5(2,3)4;/h2*1H3,(H-,2,3,4);/q2*-1;+2. The number of nitrogens with one attached hydrogen (secondary N) is 2. The molecule has 0 aliphatic carbocycles. The van der Waals surface area contributed by atoms with Gasteiger partial charge in [-0.05, 0) is 0 Å². The molecule has 2 N–H and O–H groups in total. The van der Waals surface area contributed by atoms with Gasteiger partial charge in [0, 0.05) is 12.5 Å². The van der Waals surface area contributed by atoms with Crippen molar-refractivity contribution in [1.82, 2.24) is 0 Å². The molecule has 0 spiro atoms. The average molecular weight is 213 g/mol. The molecule has 0 heterocycles. The number of hydrogen-bond donors (Lipinski definition) is 0. The maximum atomic E-state index is 9.30. The molecule has 9 heteroatoms. The van der Waals surface area contributed by atoms with E-state index in [0.29, 0.717) is 0 Å². The molecule has 0 bridgehead atoms. The second kappa shape index (κ2) is 6.14. The smallest absolute Gasteiger partial charge is 0.564 e. The van der Waals surface area contributed by atoms with Gasteiger partial charge in [0.05, 0.1) is 20.0 Å². The van der Waals surface area contributed by atoms with E-state index in [1.54, 1.807) is 0 Å². The van der Waals surface area contributed by atoms with Crippen molar-refractivity contribution in [1.29, 1.82) is 0 Å². The summed E-state index contributed by atoms with van der Waals surface area (Å²) in [6.45, 7) is 0. The number of hydrogen-bond acceptors (Lipinski definition) is 4. The van der Waals surface area contributed by atoms with Crippen LogP contribution in [0.1, 0.15) is 0 Å². The molecule has 0 aliphatic rings. The van der Waals surface area contributed by atoms with Gasteiger partial charge >= 0.3 is 23.1 Å². The third-order valence-corrected chi connectivity index (χ3v) is 0. The van der Waals surface area contributed by atoms with Crippen LogP contribution >= 0.6 is 0 Å². The maximum absolute atomic E-state index is 9.30. The Hall–Kier alpha value is 0.586. The summed E-state index contributed by atoms with van der Waals surface area (Å²) < 4.78 is 37.2. The van der Waals surface area contributed by atoms with Crippen LogP contribution in [0.4, 0.5) is 0 Å². The molecule has 0 atom stereocenters. The van der Waals surface area contributed by atoms with Crippen molar-refractivity contribution in [3.63, 3.8) is 0 Å². The van der Waals surface area contributed by atoms with Gasteiger partial charge in [-0.25, -0.2) is 16.8 Å². The molecule has 0 aliphatic heterocycles. The summed E-state index contributed by atoms with van der Waals surface area (Å²) >= 11 is 0. The van der Waals surface area contributed by atoms with Crippen LogP contribution in [0.25, 0.3) is 10.3 Å². The minimum absolute atomic E-state index is 0. The van der Waals surface area contributed by atoms with Gasteiger partial charge in [0.25, 0.3) is 0 Å². The van der Waals surface area contributed by atoms with Crippen molar-refractivity contribution in [2.24, 2.45) is 0 Å². The molecular weight excluding hydrogens is 204 g/mol. The summed E-state index contributed by atoms with van der Waals surface area (Å²) in [6, 6.07) is 0. The summed E-state index contributed by atoms with van der Waals surface area (Å²) in [7, 11) is -6.83. The Morgan fingerprint density at radius 2 is 0.818 bits per heavy atom. The van der Waals surface area contributed by atoms with E-state index in [0.717, 1.165) is 12.5 Å². The van der Waals surface area contributed by atoms with Crippen LogP contribution in [0, 0.1) is 0 Å². The van der Waals surface area contributed by atoms with E-state index < -0.39 is 20.0 Å². The summed E-state index contributed by atoms with van der Waals surface area (Å²) in [4.78, 5) is 0. The van der Waals surface area contributed by atoms with Crippen molar-refractivity contribution in [2.45, 2.75) is 0 Å². The molecule has 0 aromatic carbocycles. The van der Waals surface area contributed by atoms with E-state index in [1.165, 1.54) is 0 Å². The zero-order valence-corrected chi connectivity index (χ0v) is 9.20. The van der Waals surface area contributed by atoms with Crippen molar-refractivity contribution < 1.29 is 16.8 Å². The first-order valence-electron chi connectivity index (χ1n) is 1.89. The molecule has 64 valence electrons. The zero-order chi connectivity index (χ0) is 9.00. The molecule has 0 saturated carbocycles. The summed E-state index contributed by atoms with van der Waals surface area (Å²) in [5, 5.41) is 11.8. The Balaban J connectivity index is -0.000000107. The molecule has 0 fully saturated rings. The topological polar surface area (TPSA) is 116 Å². The monoisotopic (exact) mass is 212 g/mol. The van der Waals surface area contributed by atoms with Gasteiger partial charge < -0.3 is 10.3 Å². The van der Waals surface area contributed by atoms with Crippen LogP contribution in [0.5, 0.6) is 0 Å². The number of rotatable bonds is 0. The third-order valence-electron chi connectivity index (χ3n) is 0. The van der Waals surface area contributed by atoms with E-state index in [4.69, 9.17) is 10.3 Å². The predicted molar refractivity (Wildman–Crippen MR) is 44.1 cm³/mol. The fourth-order valence-electron chi connectivity index (χ4n) is 0. The molecule has 0 unspecified atom stereocenters. The van der Waals surface area contributed by atoms with E-state index >= 15 is 0 Å². The normalized spacial score (nSPS) is 10.5. The van der Waals surface area contributed by atoms with Crippen molar-refractivity contribution in [3.8, 4) is 0 Å². The van der Waals surface area contributed by atoms with Crippen LogP contribution in [0.15, 0.2) is 0 Å². The SMILES string of the molecule is CS([NH-])(=O)=O.CS([NH-])(=O)=O.[Mg+2]. The van der Waals surface area contributed by atoms with Crippen molar-refractivity contribution >= 4 is 43.1 Å². The summed E-state index contributed by atoms with van der Waals surface area (Å²) in [5.41, 5.74) is 0. The first-order chi connectivity index (χ1) is 4.00. The van der Waals surface area contributed by atoms with Gasteiger partial charge in [-0.15, -0.1) is 0 Å². The molecule has 0 saturated heterocycles. The van der Waals surface area contributed by atoms with Crippen LogP contribution in [-0.4, -0.2) is 52.4 Å². The Kier molecular flexibility index (Phi) is 9.83. The van der Waals surface area contributed by atoms with Gasteiger partial charge in [-0.1, -0.05) is 0 Å². The van der Waals surface area contributed by atoms with E-state index in [1.807, 2.05) is 0 Å². The van der Waals surface area contributed by atoms with Crippen LogP contribution in [0.3, 0.4) is 0 Å². The Morgan fingerprint density at radius 3 is 0.818 bits per heavy atom. The zero-order valence-electron chi connectivity index (χ0n) is 6.16. The van der Waals surface area contributed by atoms with Crippen LogP contribution in [-0.2, 0) is 20.0 Å². The quantitative estimate of drug-likeness (QED) is 0.509. The average Bonchev–Trinajstić information content (AvgIpc) is 1.12. The molecule has 11 heavy (non-hydrogen) atoms. The summed E-state index contributed by atoms with van der Waals surface area (Å²) in [5.74, 6) is 0. The molecular formula is C2H8MgN2O4S2. The van der Waals surface area contributed by atoms with Gasteiger partial charge in [-0.2, -0.15) is 0 Å². The Labute approximate surface area is 82.6 Å². The van der Waals surface area contributed by atoms with E-state index in [-0.39, 0.29) is 23.1 Å². The molecule has 0 radical (unpaired) electrons. The minimum Gasteiger partial charge on any atom is -0.564 e. The number of sulfonamides is 2. The maximum Gasteiger partial charge on any atom is 2.00 e. The van der Waals surface area contributed by atoms with Crippen molar-refractivity contribution in [3.05, 3.63) is 10.3 Å². The Bertz CT molecular complexity index is 220. The molecule has 0 amide bonds. The second-order valence-corrected chi connectivity index (χ2v) is 4.63. The van der Waals surface area contributed by atoms with Gasteiger partial charge in [0.1, 0.15) is 0 Å². The molecule has 0 aromatic heterocycles. The fraction of sp³-hybridized carbons (Fsp3) is 1.00. The Morgan fingerprint density at radius 1 is 0.818 bits per heavy atom. The second-order valence-electron chi connectivity index (χ2n) is 1.54. The molecule has 0 rings (SSSR count). The van der Waals surface area contributed by atoms with E-state index in [2.05, 4.69) is 0 Å². The van der Waals surface area contributed by atoms with Gasteiger partial charge in [-0.3, -0.25) is 0 Å². The third kappa shape index (κ3) is 2270. The van der Waals surface area contributed by atoms with Gasteiger partial charge in [0.2, 0.25) is 0 Å². The first-order valence-corrected chi connectivity index (χ1v) is 5.67. The predicted octanol–water partition coefficient (Wildman–Crippen LogP) is -0.384. The van der Waals surface area contributed by atoms with E-state index in [9.17, 15) is 16.8 Å². The van der Waals surface area contributed by atoms with Crippen LogP contribution < -0.4 is 0 Å². The molecule has 6 nitrogen and oxygen atoms in total.